The number of carbonyl (C=O) groups is 1. The average Bonchev–Trinajstić information content (AvgIpc) is 3.37. The Bertz CT molecular complexity index is 1380. The Morgan fingerprint density at radius 1 is 0.941 bits per heavy atom. The zero-order chi connectivity index (χ0) is 23.7. The first kappa shape index (κ1) is 22.3. The first-order valence-electron chi connectivity index (χ1n) is 10.7. The minimum atomic E-state index is -0.379. The van der Waals surface area contributed by atoms with E-state index in [4.69, 9.17) is 11.6 Å². The second-order valence-corrected chi connectivity index (χ2v) is 9.31. The Hall–Kier alpha value is -3.49. The molecule has 0 bridgehead atoms. The van der Waals surface area contributed by atoms with E-state index in [-0.39, 0.29) is 22.3 Å². The summed E-state index contributed by atoms with van der Waals surface area (Å²) in [6, 6.07) is 19.0. The molecule has 1 aliphatic heterocycles. The number of hydrogen-bond donors (Lipinski definition) is 0. The molecule has 1 amide bonds. The van der Waals surface area contributed by atoms with E-state index in [2.05, 4.69) is 5.10 Å². The summed E-state index contributed by atoms with van der Waals surface area (Å²) in [5.41, 5.74) is 1.71. The van der Waals surface area contributed by atoms with Crippen LogP contribution in [0.2, 0.25) is 5.02 Å². The van der Waals surface area contributed by atoms with Crippen molar-refractivity contribution in [2.75, 3.05) is 31.1 Å². The van der Waals surface area contributed by atoms with Gasteiger partial charge < -0.3 is 9.80 Å². The molecule has 2 aromatic heterocycles. The number of carbonyl (C=O) groups excluding carboxylic acids is 1. The van der Waals surface area contributed by atoms with Gasteiger partial charge in [-0.25, -0.2) is 4.39 Å². The first-order valence-corrected chi connectivity index (χ1v) is 11.9. The molecular formula is C25H20ClFN4O2S. The van der Waals surface area contributed by atoms with Gasteiger partial charge in [0.15, 0.2) is 0 Å². The molecule has 1 aliphatic rings. The molecule has 5 rings (SSSR count). The zero-order valence-electron chi connectivity index (χ0n) is 18.0. The van der Waals surface area contributed by atoms with Crippen LogP contribution in [-0.4, -0.2) is 46.8 Å². The van der Waals surface area contributed by atoms with Crippen LogP contribution in [0.15, 0.2) is 77.7 Å². The van der Waals surface area contributed by atoms with Crippen LogP contribution < -0.4 is 10.5 Å². The molecule has 34 heavy (non-hydrogen) atoms. The molecule has 0 atom stereocenters. The molecule has 172 valence electrons. The Morgan fingerprint density at radius 2 is 1.65 bits per heavy atom. The van der Waals surface area contributed by atoms with E-state index < -0.39 is 0 Å². The maximum atomic E-state index is 13.2. The Labute approximate surface area is 204 Å². The molecule has 2 aromatic carbocycles. The second-order valence-electron chi connectivity index (χ2n) is 7.85. The van der Waals surface area contributed by atoms with E-state index >= 15 is 0 Å². The van der Waals surface area contributed by atoms with E-state index in [1.807, 2.05) is 35.2 Å². The lowest BCUT2D eigenvalue weighted by Gasteiger charge is -2.36. The van der Waals surface area contributed by atoms with Gasteiger partial charge in [-0.15, -0.1) is 11.3 Å². The summed E-state index contributed by atoms with van der Waals surface area (Å²) in [4.78, 5) is 31.1. The van der Waals surface area contributed by atoms with Crippen molar-refractivity contribution in [2.24, 2.45) is 0 Å². The SMILES string of the molecule is O=C(c1ccc(-c2ccc(F)cc2)s1)N1CCN(c2cnn(-c3ccccc3)c(=O)c2Cl)CC1. The summed E-state index contributed by atoms with van der Waals surface area (Å²) in [7, 11) is 0. The lowest BCUT2D eigenvalue weighted by Crippen LogP contribution is -2.49. The van der Waals surface area contributed by atoms with Gasteiger partial charge in [0.25, 0.3) is 11.5 Å². The van der Waals surface area contributed by atoms with Gasteiger partial charge in [0.1, 0.15) is 10.8 Å². The van der Waals surface area contributed by atoms with Crippen molar-refractivity contribution < 1.29 is 9.18 Å². The maximum Gasteiger partial charge on any atom is 0.292 e. The highest BCUT2D eigenvalue weighted by molar-refractivity contribution is 7.17. The number of benzene rings is 2. The van der Waals surface area contributed by atoms with Crippen molar-refractivity contribution >= 4 is 34.5 Å². The smallest absolute Gasteiger partial charge is 0.292 e. The predicted molar refractivity (Wildman–Crippen MR) is 133 cm³/mol. The Morgan fingerprint density at radius 3 is 2.35 bits per heavy atom. The lowest BCUT2D eigenvalue weighted by molar-refractivity contribution is 0.0751. The van der Waals surface area contributed by atoms with Crippen molar-refractivity contribution in [1.29, 1.82) is 0 Å². The van der Waals surface area contributed by atoms with Crippen LogP contribution in [0.3, 0.4) is 0 Å². The van der Waals surface area contributed by atoms with Crippen molar-refractivity contribution in [3.8, 4) is 16.1 Å². The number of aromatic nitrogens is 2. The molecule has 0 aliphatic carbocycles. The number of thiophene rings is 1. The minimum Gasteiger partial charge on any atom is -0.365 e. The summed E-state index contributed by atoms with van der Waals surface area (Å²) >= 11 is 7.82. The van der Waals surface area contributed by atoms with Crippen LogP contribution in [0.1, 0.15) is 9.67 Å². The highest BCUT2D eigenvalue weighted by Crippen LogP contribution is 2.30. The third-order valence-electron chi connectivity index (χ3n) is 5.75. The molecule has 0 radical (unpaired) electrons. The fourth-order valence-electron chi connectivity index (χ4n) is 3.93. The number of rotatable bonds is 4. The number of para-hydroxylation sites is 1. The molecule has 4 aromatic rings. The van der Waals surface area contributed by atoms with Gasteiger partial charge in [-0.1, -0.05) is 41.9 Å². The van der Waals surface area contributed by atoms with Crippen LogP contribution in [0.25, 0.3) is 16.1 Å². The van der Waals surface area contributed by atoms with Gasteiger partial charge >= 0.3 is 0 Å². The largest absolute Gasteiger partial charge is 0.365 e. The molecule has 1 saturated heterocycles. The fourth-order valence-corrected chi connectivity index (χ4v) is 5.15. The van der Waals surface area contributed by atoms with Crippen molar-refractivity contribution in [1.82, 2.24) is 14.7 Å². The topological polar surface area (TPSA) is 58.4 Å². The van der Waals surface area contributed by atoms with Crippen LogP contribution in [-0.2, 0) is 0 Å². The molecule has 1 fully saturated rings. The summed E-state index contributed by atoms with van der Waals surface area (Å²) in [6.45, 7) is 2.08. The minimum absolute atomic E-state index is 0.0401. The van der Waals surface area contributed by atoms with Crippen LogP contribution >= 0.6 is 22.9 Å². The number of piperazine rings is 1. The van der Waals surface area contributed by atoms with Crippen LogP contribution in [0, 0.1) is 5.82 Å². The van der Waals surface area contributed by atoms with Crippen LogP contribution in [0.4, 0.5) is 10.1 Å². The highest BCUT2D eigenvalue weighted by atomic mass is 35.5. The van der Waals surface area contributed by atoms with E-state index in [0.29, 0.717) is 42.4 Å². The van der Waals surface area contributed by atoms with Crippen LogP contribution in [0.5, 0.6) is 0 Å². The Balaban J connectivity index is 1.27. The van der Waals surface area contributed by atoms with Gasteiger partial charge in [0, 0.05) is 31.1 Å². The normalized spacial score (nSPS) is 13.8. The fraction of sp³-hybridized carbons (Fsp3) is 0.160. The quantitative estimate of drug-likeness (QED) is 0.412. The molecule has 0 saturated carbocycles. The third-order valence-corrected chi connectivity index (χ3v) is 7.23. The summed E-state index contributed by atoms with van der Waals surface area (Å²) in [6.07, 6.45) is 1.60. The highest BCUT2D eigenvalue weighted by Gasteiger charge is 2.25. The summed E-state index contributed by atoms with van der Waals surface area (Å²) in [5.74, 6) is -0.330. The van der Waals surface area contributed by atoms with E-state index in [9.17, 15) is 14.0 Å². The number of anilines is 1. The van der Waals surface area contributed by atoms with Crippen molar-refractivity contribution in [2.45, 2.75) is 0 Å². The average molecular weight is 495 g/mol. The standard InChI is InChI=1S/C25H20ClFN4O2S/c26-23-20(16-28-31(25(23)33)19-4-2-1-3-5-19)29-12-14-30(15-13-29)24(32)22-11-10-21(34-22)17-6-8-18(27)9-7-17/h1-11,16H,12-15H2. The number of hydrogen-bond acceptors (Lipinski definition) is 5. The molecule has 9 heteroatoms. The van der Waals surface area contributed by atoms with Gasteiger partial charge in [-0.05, 0) is 42.0 Å². The molecular weight excluding hydrogens is 475 g/mol. The molecule has 0 unspecified atom stereocenters. The lowest BCUT2D eigenvalue weighted by atomic mass is 10.2. The van der Waals surface area contributed by atoms with Crippen molar-refractivity contribution in [3.63, 3.8) is 0 Å². The van der Waals surface area contributed by atoms with E-state index in [1.54, 1.807) is 35.4 Å². The number of nitrogens with zero attached hydrogens (tertiary/aromatic N) is 4. The monoisotopic (exact) mass is 494 g/mol. The number of amides is 1. The van der Waals surface area contributed by atoms with Gasteiger partial charge in [0.05, 0.1) is 22.4 Å². The molecule has 0 spiro atoms. The van der Waals surface area contributed by atoms with E-state index in [0.717, 1.165) is 10.4 Å². The van der Waals surface area contributed by atoms with Gasteiger partial charge in [-0.3, -0.25) is 9.59 Å². The Kier molecular flexibility index (Phi) is 6.17. The van der Waals surface area contributed by atoms with Gasteiger partial charge in [-0.2, -0.15) is 9.78 Å². The molecule has 6 nitrogen and oxygen atoms in total. The van der Waals surface area contributed by atoms with Gasteiger partial charge in [0.2, 0.25) is 0 Å². The molecule has 3 heterocycles. The maximum absolute atomic E-state index is 13.2. The predicted octanol–water partition coefficient (Wildman–Crippen LogP) is 4.72. The van der Waals surface area contributed by atoms with Crippen molar-refractivity contribution in [3.05, 3.63) is 99.0 Å². The zero-order valence-corrected chi connectivity index (χ0v) is 19.6. The summed E-state index contributed by atoms with van der Waals surface area (Å²) in [5, 5.41) is 4.41. The second kappa shape index (κ2) is 9.40. The number of halogens is 2. The summed E-state index contributed by atoms with van der Waals surface area (Å²) < 4.78 is 14.5. The van der Waals surface area contributed by atoms with E-state index in [1.165, 1.54) is 28.2 Å². The third kappa shape index (κ3) is 4.34. The molecule has 0 N–H and O–H groups in total. The first-order chi connectivity index (χ1) is 16.5.